The third-order valence-corrected chi connectivity index (χ3v) is 3.60. The first-order valence-corrected chi connectivity index (χ1v) is 6.72. The normalized spacial score (nSPS) is 10.8. The molecule has 2 aromatic rings. The number of hydrogen-bond donors (Lipinski definition) is 1. The van der Waals surface area contributed by atoms with Crippen LogP contribution >= 0.6 is 11.3 Å². The molecule has 0 saturated carbocycles. The number of benzene rings is 1. The van der Waals surface area contributed by atoms with Gasteiger partial charge >= 0.3 is 0 Å². The Morgan fingerprint density at radius 2 is 2.18 bits per heavy atom. The van der Waals surface area contributed by atoms with Crippen molar-refractivity contribution in [2.75, 3.05) is 5.32 Å². The molecule has 2 nitrogen and oxygen atoms in total. The molecule has 0 aliphatic carbocycles. The summed E-state index contributed by atoms with van der Waals surface area (Å²) >= 11 is 1.74. The van der Waals surface area contributed by atoms with Crippen molar-refractivity contribution >= 4 is 17.0 Å². The first-order valence-electron chi connectivity index (χ1n) is 5.90. The van der Waals surface area contributed by atoms with E-state index in [2.05, 4.69) is 48.4 Å². The maximum absolute atomic E-state index is 4.25. The van der Waals surface area contributed by atoms with E-state index in [0.717, 1.165) is 11.6 Å². The number of anilines is 1. The predicted molar refractivity (Wildman–Crippen MR) is 74.7 cm³/mol. The summed E-state index contributed by atoms with van der Waals surface area (Å²) in [6.45, 7) is 7.32. The van der Waals surface area contributed by atoms with Gasteiger partial charge in [0.2, 0.25) is 0 Å². The lowest BCUT2D eigenvalue weighted by Crippen LogP contribution is -1.98. The summed E-state index contributed by atoms with van der Waals surface area (Å²) in [5.74, 6) is 0.572. The summed E-state index contributed by atoms with van der Waals surface area (Å²) < 4.78 is 0. The lowest BCUT2D eigenvalue weighted by molar-refractivity contribution is 0.866. The molecule has 1 N–H and O–H groups in total. The van der Waals surface area contributed by atoms with E-state index < -0.39 is 0 Å². The van der Waals surface area contributed by atoms with E-state index in [9.17, 15) is 0 Å². The molecule has 3 heteroatoms. The van der Waals surface area contributed by atoms with Crippen molar-refractivity contribution in [2.24, 2.45) is 0 Å². The van der Waals surface area contributed by atoms with Crippen LogP contribution in [0.1, 0.15) is 35.2 Å². The molecule has 0 amide bonds. The van der Waals surface area contributed by atoms with Crippen LogP contribution in [0.25, 0.3) is 0 Å². The van der Waals surface area contributed by atoms with Gasteiger partial charge in [0.1, 0.15) is 0 Å². The second-order valence-electron chi connectivity index (χ2n) is 4.48. The minimum absolute atomic E-state index is 0.572. The molecular weight excluding hydrogens is 228 g/mol. The van der Waals surface area contributed by atoms with E-state index in [-0.39, 0.29) is 0 Å². The molecule has 0 unspecified atom stereocenters. The highest BCUT2D eigenvalue weighted by Crippen LogP contribution is 2.20. The Hall–Kier alpha value is -1.35. The number of rotatable bonds is 4. The van der Waals surface area contributed by atoms with Crippen LogP contribution < -0.4 is 5.32 Å². The van der Waals surface area contributed by atoms with Crippen molar-refractivity contribution in [3.8, 4) is 0 Å². The number of thiazole rings is 1. The zero-order chi connectivity index (χ0) is 12.3. The summed E-state index contributed by atoms with van der Waals surface area (Å²) in [5.41, 5.74) is 2.55. The van der Waals surface area contributed by atoms with Crippen molar-refractivity contribution in [2.45, 2.75) is 33.2 Å². The predicted octanol–water partition coefficient (Wildman–Crippen LogP) is 4.19. The summed E-state index contributed by atoms with van der Waals surface area (Å²) in [5, 5.41) is 4.56. The first-order chi connectivity index (χ1) is 8.15. The van der Waals surface area contributed by atoms with E-state index in [1.807, 2.05) is 13.1 Å². The minimum Gasteiger partial charge on any atom is -0.380 e. The topological polar surface area (TPSA) is 24.9 Å². The van der Waals surface area contributed by atoms with Crippen molar-refractivity contribution in [1.29, 1.82) is 0 Å². The number of nitrogens with zero attached hydrogens (tertiary/aromatic N) is 1. The van der Waals surface area contributed by atoms with Crippen molar-refractivity contribution in [3.05, 3.63) is 45.9 Å². The monoisotopic (exact) mass is 246 g/mol. The van der Waals surface area contributed by atoms with Gasteiger partial charge in [-0.15, -0.1) is 11.3 Å². The second kappa shape index (κ2) is 5.32. The Labute approximate surface area is 107 Å². The van der Waals surface area contributed by atoms with Crippen LogP contribution in [0.4, 0.5) is 5.69 Å². The summed E-state index contributed by atoms with van der Waals surface area (Å²) in [4.78, 5) is 5.53. The third kappa shape index (κ3) is 3.30. The zero-order valence-electron chi connectivity index (χ0n) is 10.5. The summed E-state index contributed by atoms with van der Waals surface area (Å²) in [7, 11) is 0. The highest BCUT2D eigenvalue weighted by molar-refractivity contribution is 7.11. The van der Waals surface area contributed by atoms with Gasteiger partial charge in [0.25, 0.3) is 0 Å². The molecule has 17 heavy (non-hydrogen) atoms. The van der Waals surface area contributed by atoms with Gasteiger partial charge < -0.3 is 5.32 Å². The van der Waals surface area contributed by atoms with Crippen LogP contribution in [-0.4, -0.2) is 4.98 Å². The van der Waals surface area contributed by atoms with E-state index in [1.165, 1.54) is 16.1 Å². The number of hydrogen-bond acceptors (Lipinski definition) is 3. The number of aromatic nitrogens is 1. The highest BCUT2D eigenvalue weighted by Gasteiger charge is 2.01. The van der Waals surface area contributed by atoms with Gasteiger partial charge in [-0.2, -0.15) is 0 Å². The van der Waals surface area contributed by atoms with Gasteiger partial charge in [-0.1, -0.05) is 26.0 Å². The van der Waals surface area contributed by atoms with Gasteiger partial charge in [-0.25, -0.2) is 4.98 Å². The van der Waals surface area contributed by atoms with Crippen LogP contribution in [0.2, 0.25) is 0 Å². The van der Waals surface area contributed by atoms with Gasteiger partial charge in [-0.3, -0.25) is 0 Å². The number of nitrogens with one attached hydrogen (secondary N) is 1. The van der Waals surface area contributed by atoms with Crippen molar-refractivity contribution in [3.63, 3.8) is 0 Å². The SMILES string of the molecule is Cc1ncc(CNc2cccc(C(C)C)c2)s1. The Kier molecular flexibility index (Phi) is 3.79. The standard InChI is InChI=1S/C14H18N2S/c1-10(2)12-5-4-6-13(7-12)16-9-14-8-15-11(3)17-14/h4-8,10,16H,9H2,1-3H3. The Bertz CT molecular complexity index is 488. The van der Waals surface area contributed by atoms with E-state index in [4.69, 9.17) is 0 Å². The zero-order valence-corrected chi connectivity index (χ0v) is 11.3. The molecular formula is C14H18N2S. The molecule has 0 aliphatic rings. The fraction of sp³-hybridized carbons (Fsp3) is 0.357. The fourth-order valence-corrected chi connectivity index (χ4v) is 2.42. The van der Waals surface area contributed by atoms with Crippen molar-refractivity contribution < 1.29 is 0 Å². The molecule has 1 heterocycles. The average Bonchev–Trinajstić information content (AvgIpc) is 2.73. The Balaban J connectivity index is 2.01. The lowest BCUT2D eigenvalue weighted by Gasteiger charge is -2.09. The van der Waals surface area contributed by atoms with Crippen LogP contribution in [0, 0.1) is 6.92 Å². The average molecular weight is 246 g/mol. The molecule has 0 bridgehead atoms. The lowest BCUT2D eigenvalue weighted by atomic mass is 10.0. The van der Waals surface area contributed by atoms with E-state index >= 15 is 0 Å². The van der Waals surface area contributed by atoms with Crippen LogP contribution in [0.3, 0.4) is 0 Å². The molecule has 1 aromatic carbocycles. The highest BCUT2D eigenvalue weighted by atomic mass is 32.1. The summed E-state index contributed by atoms with van der Waals surface area (Å²) in [6, 6.07) is 8.61. The maximum Gasteiger partial charge on any atom is 0.0897 e. The Morgan fingerprint density at radius 1 is 1.35 bits per heavy atom. The molecule has 0 atom stereocenters. The molecule has 1 aromatic heterocycles. The molecule has 2 rings (SSSR count). The smallest absolute Gasteiger partial charge is 0.0897 e. The summed E-state index contributed by atoms with van der Waals surface area (Å²) in [6.07, 6.45) is 1.94. The molecule has 0 radical (unpaired) electrons. The van der Waals surface area contributed by atoms with Crippen LogP contribution in [0.5, 0.6) is 0 Å². The van der Waals surface area contributed by atoms with Gasteiger partial charge in [0.15, 0.2) is 0 Å². The fourth-order valence-electron chi connectivity index (χ4n) is 1.68. The van der Waals surface area contributed by atoms with Crippen LogP contribution in [-0.2, 0) is 6.54 Å². The van der Waals surface area contributed by atoms with Crippen LogP contribution in [0.15, 0.2) is 30.5 Å². The Morgan fingerprint density at radius 3 is 2.82 bits per heavy atom. The van der Waals surface area contributed by atoms with Crippen molar-refractivity contribution in [1.82, 2.24) is 4.98 Å². The molecule has 90 valence electrons. The maximum atomic E-state index is 4.25. The molecule has 0 aliphatic heterocycles. The molecule has 0 fully saturated rings. The molecule has 0 spiro atoms. The van der Waals surface area contributed by atoms with Gasteiger partial charge in [0.05, 0.1) is 11.6 Å². The van der Waals surface area contributed by atoms with Gasteiger partial charge in [0, 0.05) is 16.8 Å². The largest absolute Gasteiger partial charge is 0.380 e. The van der Waals surface area contributed by atoms with E-state index in [1.54, 1.807) is 11.3 Å². The quantitative estimate of drug-likeness (QED) is 0.875. The molecule has 0 saturated heterocycles. The van der Waals surface area contributed by atoms with Gasteiger partial charge in [-0.05, 0) is 30.5 Å². The third-order valence-electron chi connectivity index (χ3n) is 2.69. The first kappa shape index (κ1) is 12.1. The number of aryl methyl sites for hydroxylation is 1. The van der Waals surface area contributed by atoms with E-state index in [0.29, 0.717) is 5.92 Å². The second-order valence-corrected chi connectivity index (χ2v) is 5.80. The minimum atomic E-state index is 0.572.